The minimum atomic E-state index is 0.00935. The number of carbonyl (C=O) groups excluding carboxylic acids is 1. The van der Waals surface area contributed by atoms with Gasteiger partial charge in [0.2, 0.25) is 5.91 Å². The molecule has 0 unspecified atom stereocenters. The molecule has 1 N–H and O–H groups in total. The second-order valence-corrected chi connectivity index (χ2v) is 6.20. The fraction of sp³-hybridized carbons (Fsp3) is 0.167. The van der Waals surface area contributed by atoms with Crippen LogP contribution in [0.15, 0.2) is 59.6 Å². The van der Waals surface area contributed by atoms with E-state index in [1.807, 2.05) is 61.5 Å². The Morgan fingerprint density at radius 1 is 1.00 bits per heavy atom. The smallest absolute Gasteiger partial charge is 0.225 e. The van der Waals surface area contributed by atoms with Gasteiger partial charge >= 0.3 is 0 Å². The number of nitrogens with one attached hydrogen (secondary N) is 1. The van der Waals surface area contributed by atoms with Crippen molar-refractivity contribution in [2.75, 3.05) is 11.1 Å². The zero-order valence-corrected chi connectivity index (χ0v) is 13.6. The summed E-state index contributed by atoms with van der Waals surface area (Å²) in [6.07, 6.45) is 0.438. The molecule has 0 saturated carbocycles. The Labute approximate surface area is 139 Å². The number of anilines is 1. The van der Waals surface area contributed by atoms with Gasteiger partial charge in [0.15, 0.2) is 0 Å². The molecule has 1 amide bonds. The maximum Gasteiger partial charge on any atom is 0.225 e. The molecule has 116 valence electrons. The van der Waals surface area contributed by atoms with Gasteiger partial charge in [0.05, 0.1) is 16.7 Å². The predicted molar refractivity (Wildman–Crippen MR) is 94.7 cm³/mol. The Morgan fingerprint density at radius 3 is 2.39 bits per heavy atom. The third-order valence-electron chi connectivity index (χ3n) is 3.33. The standard InChI is InChI=1S/C18H17N3OS/c1-13-18(21-16-10-6-5-9-15(16)19-13)23-12-11-17(22)20-14-7-3-2-4-8-14/h2-10H,11-12H2,1H3,(H,20,22). The second kappa shape index (κ2) is 7.24. The van der Waals surface area contributed by atoms with E-state index in [0.717, 1.165) is 27.4 Å². The molecule has 0 fully saturated rings. The van der Waals surface area contributed by atoms with E-state index in [4.69, 9.17) is 0 Å². The number of fused-ring (bicyclic) bond motifs is 1. The van der Waals surface area contributed by atoms with Crippen molar-refractivity contribution >= 4 is 34.4 Å². The average Bonchev–Trinajstić information content (AvgIpc) is 2.56. The molecule has 3 rings (SSSR count). The quantitative estimate of drug-likeness (QED) is 0.719. The monoisotopic (exact) mass is 323 g/mol. The second-order valence-electron chi connectivity index (χ2n) is 5.12. The lowest BCUT2D eigenvalue weighted by Gasteiger charge is -2.07. The van der Waals surface area contributed by atoms with Gasteiger partial charge in [-0.3, -0.25) is 4.79 Å². The van der Waals surface area contributed by atoms with E-state index in [9.17, 15) is 4.79 Å². The summed E-state index contributed by atoms with van der Waals surface area (Å²) < 4.78 is 0. The van der Waals surface area contributed by atoms with Crippen LogP contribution in [0.3, 0.4) is 0 Å². The van der Waals surface area contributed by atoms with E-state index in [0.29, 0.717) is 12.2 Å². The topological polar surface area (TPSA) is 54.9 Å². The van der Waals surface area contributed by atoms with Gasteiger partial charge in [0.1, 0.15) is 5.03 Å². The zero-order valence-electron chi connectivity index (χ0n) is 12.8. The van der Waals surface area contributed by atoms with Crippen LogP contribution in [0.5, 0.6) is 0 Å². The minimum Gasteiger partial charge on any atom is -0.326 e. The van der Waals surface area contributed by atoms with Crippen LogP contribution in [0.2, 0.25) is 0 Å². The number of hydrogen-bond acceptors (Lipinski definition) is 4. The maximum absolute atomic E-state index is 11.9. The molecule has 0 aliphatic heterocycles. The molecule has 23 heavy (non-hydrogen) atoms. The molecule has 0 aliphatic carbocycles. The van der Waals surface area contributed by atoms with Crippen LogP contribution in [0.25, 0.3) is 11.0 Å². The van der Waals surface area contributed by atoms with Crippen LogP contribution in [-0.4, -0.2) is 21.6 Å². The van der Waals surface area contributed by atoms with Crippen LogP contribution in [-0.2, 0) is 4.79 Å². The van der Waals surface area contributed by atoms with Crippen molar-refractivity contribution in [2.24, 2.45) is 0 Å². The van der Waals surface area contributed by atoms with Gasteiger partial charge in [0, 0.05) is 17.9 Å². The molecule has 1 heterocycles. The number of aromatic nitrogens is 2. The molecule has 4 nitrogen and oxygen atoms in total. The lowest BCUT2D eigenvalue weighted by Crippen LogP contribution is -2.12. The molecule has 3 aromatic rings. The van der Waals surface area contributed by atoms with E-state index >= 15 is 0 Å². The highest BCUT2D eigenvalue weighted by Crippen LogP contribution is 2.22. The lowest BCUT2D eigenvalue weighted by molar-refractivity contribution is -0.115. The molecule has 0 bridgehead atoms. The van der Waals surface area contributed by atoms with Crippen molar-refractivity contribution in [3.05, 3.63) is 60.3 Å². The lowest BCUT2D eigenvalue weighted by atomic mass is 10.3. The van der Waals surface area contributed by atoms with E-state index in [1.165, 1.54) is 0 Å². The molecule has 0 aliphatic rings. The number of carbonyl (C=O) groups is 1. The van der Waals surface area contributed by atoms with Crippen molar-refractivity contribution < 1.29 is 4.79 Å². The third-order valence-corrected chi connectivity index (χ3v) is 4.40. The van der Waals surface area contributed by atoms with Crippen molar-refractivity contribution in [3.63, 3.8) is 0 Å². The molecule has 0 saturated heterocycles. The van der Waals surface area contributed by atoms with E-state index in [-0.39, 0.29) is 5.91 Å². The van der Waals surface area contributed by atoms with Crippen molar-refractivity contribution in [1.29, 1.82) is 0 Å². The van der Waals surface area contributed by atoms with Gasteiger partial charge in [-0.2, -0.15) is 0 Å². The number of para-hydroxylation sites is 3. The summed E-state index contributed by atoms with van der Waals surface area (Å²) in [4.78, 5) is 21.1. The molecule has 5 heteroatoms. The maximum atomic E-state index is 11.9. The fourth-order valence-electron chi connectivity index (χ4n) is 2.19. The van der Waals surface area contributed by atoms with Gasteiger partial charge in [-0.1, -0.05) is 30.3 Å². The number of benzene rings is 2. The van der Waals surface area contributed by atoms with E-state index < -0.39 is 0 Å². The van der Waals surface area contributed by atoms with Gasteiger partial charge < -0.3 is 5.32 Å². The summed E-state index contributed by atoms with van der Waals surface area (Å²) in [6.45, 7) is 1.95. The number of rotatable bonds is 5. The Bertz CT molecular complexity index is 821. The molecule has 0 spiro atoms. The number of hydrogen-bond donors (Lipinski definition) is 1. The first-order chi connectivity index (χ1) is 11.2. The van der Waals surface area contributed by atoms with Gasteiger partial charge in [-0.15, -0.1) is 11.8 Å². The molecule has 2 aromatic carbocycles. The zero-order chi connectivity index (χ0) is 16.1. The molecule has 1 aromatic heterocycles. The summed E-state index contributed by atoms with van der Waals surface area (Å²) in [5, 5.41) is 3.77. The van der Waals surface area contributed by atoms with Crippen LogP contribution >= 0.6 is 11.8 Å². The van der Waals surface area contributed by atoms with Crippen molar-refractivity contribution in [3.8, 4) is 0 Å². The van der Waals surface area contributed by atoms with Gasteiger partial charge in [-0.05, 0) is 31.2 Å². The number of amides is 1. The SMILES string of the molecule is Cc1nc2ccccc2nc1SCCC(=O)Nc1ccccc1. The first-order valence-electron chi connectivity index (χ1n) is 7.43. The summed E-state index contributed by atoms with van der Waals surface area (Å²) in [5.74, 6) is 0.682. The first kappa shape index (κ1) is 15.5. The number of nitrogens with zero attached hydrogens (tertiary/aromatic N) is 2. The third kappa shape index (κ3) is 4.07. The highest BCUT2D eigenvalue weighted by molar-refractivity contribution is 7.99. The van der Waals surface area contributed by atoms with Crippen molar-refractivity contribution in [1.82, 2.24) is 9.97 Å². The van der Waals surface area contributed by atoms with Gasteiger partial charge in [-0.25, -0.2) is 9.97 Å². The van der Waals surface area contributed by atoms with Crippen LogP contribution in [0, 0.1) is 6.92 Å². The van der Waals surface area contributed by atoms with Crippen molar-refractivity contribution in [2.45, 2.75) is 18.4 Å². The first-order valence-corrected chi connectivity index (χ1v) is 8.42. The Hall–Kier alpha value is -2.40. The molecular formula is C18H17N3OS. The summed E-state index contributed by atoms with van der Waals surface area (Å²) >= 11 is 1.57. The molecule has 0 atom stereocenters. The van der Waals surface area contributed by atoms with Crippen LogP contribution in [0.4, 0.5) is 5.69 Å². The van der Waals surface area contributed by atoms with Gasteiger partial charge in [0.25, 0.3) is 0 Å². The van der Waals surface area contributed by atoms with E-state index in [1.54, 1.807) is 11.8 Å². The Balaban J connectivity index is 1.58. The highest BCUT2D eigenvalue weighted by Gasteiger charge is 2.07. The van der Waals surface area contributed by atoms with E-state index in [2.05, 4.69) is 15.3 Å². The summed E-state index contributed by atoms with van der Waals surface area (Å²) in [7, 11) is 0. The number of thioether (sulfide) groups is 1. The molecular weight excluding hydrogens is 306 g/mol. The normalized spacial score (nSPS) is 10.7. The average molecular weight is 323 g/mol. The van der Waals surface area contributed by atoms with Crippen LogP contribution < -0.4 is 5.32 Å². The predicted octanol–water partition coefficient (Wildman–Crippen LogP) is 4.06. The highest BCUT2D eigenvalue weighted by atomic mass is 32.2. The number of aryl methyl sites for hydroxylation is 1. The largest absolute Gasteiger partial charge is 0.326 e. The fourth-order valence-corrected chi connectivity index (χ4v) is 3.09. The summed E-state index contributed by atoms with van der Waals surface area (Å²) in [6, 6.07) is 17.3. The minimum absolute atomic E-state index is 0.00935. The molecule has 0 radical (unpaired) electrons. The Kier molecular flexibility index (Phi) is 4.88. The Morgan fingerprint density at radius 2 is 1.65 bits per heavy atom. The van der Waals surface area contributed by atoms with Crippen LogP contribution in [0.1, 0.15) is 12.1 Å². The summed E-state index contributed by atoms with van der Waals surface area (Å²) in [5.41, 5.74) is 3.51.